The number of hydrogen-bond donors (Lipinski definition) is 1. The topological polar surface area (TPSA) is 84.9 Å². The van der Waals surface area contributed by atoms with E-state index in [0.29, 0.717) is 29.0 Å². The van der Waals surface area contributed by atoms with Crippen molar-refractivity contribution in [1.82, 2.24) is 5.32 Å². The fourth-order valence-corrected chi connectivity index (χ4v) is 6.37. The summed E-state index contributed by atoms with van der Waals surface area (Å²) in [5, 5.41) is 3.10. The Morgan fingerprint density at radius 1 is 1.03 bits per heavy atom. The number of benzene rings is 2. The summed E-state index contributed by atoms with van der Waals surface area (Å²) in [4.78, 5) is 13.0. The van der Waals surface area contributed by atoms with Gasteiger partial charge in [-0.05, 0) is 62.3 Å². The minimum atomic E-state index is -4.03. The van der Waals surface area contributed by atoms with Crippen LogP contribution in [0.15, 0.2) is 47.4 Å². The number of carbonyl (C=O) groups is 1. The van der Waals surface area contributed by atoms with Gasteiger partial charge in [-0.3, -0.25) is 9.10 Å². The molecule has 2 fully saturated rings. The third-order valence-electron chi connectivity index (χ3n) is 6.64. The van der Waals surface area contributed by atoms with Crippen molar-refractivity contribution in [3.8, 4) is 11.5 Å². The molecule has 7 nitrogen and oxygen atoms in total. The summed E-state index contributed by atoms with van der Waals surface area (Å²) in [6.45, 7) is 1.65. The second-order valence-electron chi connectivity index (χ2n) is 8.71. The van der Waals surface area contributed by atoms with E-state index < -0.39 is 10.0 Å². The normalized spacial score (nSPS) is 21.9. The predicted molar refractivity (Wildman–Crippen MR) is 123 cm³/mol. The molecular weight excluding hydrogens is 428 g/mol. The van der Waals surface area contributed by atoms with Gasteiger partial charge in [0.2, 0.25) is 5.91 Å². The lowest BCUT2D eigenvalue weighted by molar-refractivity contribution is -0.120. The molecule has 172 valence electrons. The molecule has 2 aliphatic rings. The molecule has 0 aliphatic heterocycles. The van der Waals surface area contributed by atoms with Crippen molar-refractivity contribution >= 4 is 21.6 Å². The zero-order valence-electron chi connectivity index (χ0n) is 18.7. The first-order valence-electron chi connectivity index (χ1n) is 10.9. The fraction of sp³-hybridized carbons (Fsp3) is 0.458. The largest absolute Gasteiger partial charge is 0.493 e. The first kappa shape index (κ1) is 22.5. The Balaban J connectivity index is 1.63. The number of amides is 1. The molecule has 0 unspecified atom stereocenters. The third kappa shape index (κ3) is 4.41. The molecule has 2 aromatic carbocycles. The summed E-state index contributed by atoms with van der Waals surface area (Å²) in [5.74, 6) is 1.66. The number of aryl methyl sites for hydroxylation is 1. The van der Waals surface area contributed by atoms with Crippen molar-refractivity contribution in [2.24, 2.45) is 11.8 Å². The van der Waals surface area contributed by atoms with E-state index in [1.54, 1.807) is 18.2 Å². The number of sulfonamides is 1. The zero-order chi connectivity index (χ0) is 22.9. The minimum absolute atomic E-state index is 0.0310. The summed E-state index contributed by atoms with van der Waals surface area (Å²) in [6.07, 6.45) is 4.53. The van der Waals surface area contributed by atoms with Crippen LogP contribution in [-0.2, 0) is 14.8 Å². The molecule has 0 spiro atoms. The second-order valence-corrected chi connectivity index (χ2v) is 10.6. The Morgan fingerprint density at radius 2 is 1.75 bits per heavy atom. The number of nitrogens with zero attached hydrogens (tertiary/aromatic N) is 1. The van der Waals surface area contributed by atoms with Crippen LogP contribution < -0.4 is 19.1 Å². The van der Waals surface area contributed by atoms with Crippen LogP contribution in [0.4, 0.5) is 5.69 Å². The van der Waals surface area contributed by atoms with Crippen molar-refractivity contribution in [2.75, 3.05) is 25.1 Å². The maximum absolute atomic E-state index is 13.6. The molecule has 4 rings (SSSR count). The molecule has 0 heterocycles. The molecule has 2 aromatic rings. The lowest BCUT2D eigenvalue weighted by atomic mass is 9.95. The number of carbonyl (C=O) groups excluding carboxylic acids is 1. The summed E-state index contributed by atoms with van der Waals surface area (Å²) in [6, 6.07) is 11.7. The SMILES string of the molecule is COc1ccc(S(=O)(=O)N(CC(=O)N[C@@H]2C[C@@H]3CC[C@H]2C3)c2ccc(C)cc2)cc1OC. The van der Waals surface area contributed by atoms with E-state index in [-0.39, 0.29) is 23.4 Å². The molecule has 0 aromatic heterocycles. The third-order valence-corrected chi connectivity index (χ3v) is 8.41. The van der Waals surface area contributed by atoms with Crippen molar-refractivity contribution in [3.05, 3.63) is 48.0 Å². The van der Waals surface area contributed by atoms with E-state index in [1.807, 2.05) is 19.1 Å². The van der Waals surface area contributed by atoms with Crippen molar-refractivity contribution in [3.63, 3.8) is 0 Å². The first-order valence-corrected chi connectivity index (χ1v) is 12.4. The Hall–Kier alpha value is -2.74. The Labute approximate surface area is 189 Å². The summed E-state index contributed by atoms with van der Waals surface area (Å²) >= 11 is 0. The summed E-state index contributed by atoms with van der Waals surface area (Å²) in [5.41, 5.74) is 1.44. The highest BCUT2D eigenvalue weighted by atomic mass is 32.2. The van der Waals surface area contributed by atoms with Gasteiger partial charge >= 0.3 is 0 Å². The standard InChI is InChI=1S/C24H30N2O5S/c1-16-4-8-19(9-5-16)26(15-24(27)25-21-13-17-6-7-18(21)12-17)32(28,29)20-10-11-22(30-2)23(14-20)31-3/h4-5,8-11,14,17-18,21H,6-7,12-13,15H2,1-3H3,(H,25,27)/t17-,18+,21-/m1/s1. The average molecular weight is 459 g/mol. The Bertz CT molecular complexity index is 1080. The maximum atomic E-state index is 13.6. The van der Waals surface area contributed by atoms with Crippen LogP contribution in [0.3, 0.4) is 0 Å². The fourth-order valence-electron chi connectivity index (χ4n) is 4.93. The molecule has 8 heteroatoms. The number of rotatable bonds is 8. The van der Waals surface area contributed by atoms with Crippen LogP contribution in [0.2, 0.25) is 0 Å². The van der Waals surface area contributed by atoms with Gasteiger partial charge in [0.15, 0.2) is 11.5 Å². The van der Waals surface area contributed by atoms with Gasteiger partial charge in [-0.15, -0.1) is 0 Å². The molecular formula is C24H30N2O5S. The summed E-state index contributed by atoms with van der Waals surface area (Å²) < 4.78 is 38.9. The molecule has 3 atom stereocenters. The van der Waals surface area contributed by atoms with Gasteiger partial charge in [0.05, 0.1) is 24.8 Å². The molecule has 0 saturated heterocycles. The van der Waals surface area contributed by atoms with Crippen LogP contribution in [0.1, 0.15) is 31.2 Å². The molecule has 2 saturated carbocycles. The molecule has 32 heavy (non-hydrogen) atoms. The Kier molecular flexibility index (Phi) is 6.33. The number of fused-ring (bicyclic) bond motifs is 2. The van der Waals surface area contributed by atoms with Gasteiger partial charge in [0.25, 0.3) is 10.0 Å². The van der Waals surface area contributed by atoms with Crippen molar-refractivity contribution in [2.45, 2.75) is 43.5 Å². The van der Waals surface area contributed by atoms with Gasteiger partial charge in [0.1, 0.15) is 6.54 Å². The highest BCUT2D eigenvalue weighted by Gasteiger charge is 2.40. The highest BCUT2D eigenvalue weighted by molar-refractivity contribution is 7.92. The van der Waals surface area contributed by atoms with Crippen LogP contribution in [0, 0.1) is 18.8 Å². The smallest absolute Gasteiger partial charge is 0.264 e. The number of ether oxygens (including phenoxy) is 2. The minimum Gasteiger partial charge on any atom is -0.493 e. The second kappa shape index (κ2) is 9.02. The van der Waals surface area contributed by atoms with E-state index >= 15 is 0 Å². The van der Waals surface area contributed by atoms with Gasteiger partial charge in [-0.2, -0.15) is 0 Å². The number of nitrogens with one attached hydrogen (secondary N) is 1. The van der Waals surface area contributed by atoms with Crippen LogP contribution in [0.25, 0.3) is 0 Å². The number of anilines is 1. The van der Waals surface area contributed by atoms with E-state index in [2.05, 4.69) is 5.32 Å². The van der Waals surface area contributed by atoms with E-state index in [1.165, 1.54) is 32.8 Å². The molecule has 2 aliphatic carbocycles. The molecule has 0 radical (unpaired) electrons. The molecule has 1 amide bonds. The first-order chi connectivity index (χ1) is 15.3. The molecule has 1 N–H and O–H groups in total. The predicted octanol–water partition coefficient (Wildman–Crippen LogP) is 3.51. The van der Waals surface area contributed by atoms with Gasteiger partial charge in [-0.25, -0.2) is 8.42 Å². The number of methoxy groups -OCH3 is 2. The van der Waals surface area contributed by atoms with Crippen molar-refractivity contribution in [1.29, 1.82) is 0 Å². The highest BCUT2D eigenvalue weighted by Crippen LogP contribution is 2.44. The van der Waals surface area contributed by atoms with Crippen LogP contribution in [-0.4, -0.2) is 41.1 Å². The number of hydrogen-bond acceptors (Lipinski definition) is 5. The quantitative estimate of drug-likeness (QED) is 0.654. The van der Waals surface area contributed by atoms with Crippen LogP contribution >= 0.6 is 0 Å². The van der Waals surface area contributed by atoms with E-state index in [0.717, 1.165) is 29.1 Å². The lowest BCUT2D eigenvalue weighted by Crippen LogP contribution is -2.46. The monoisotopic (exact) mass is 458 g/mol. The van der Waals surface area contributed by atoms with Gasteiger partial charge in [0, 0.05) is 12.1 Å². The van der Waals surface area contributed by atoms with Crippen LogP contribution in [0.5, 0.6) is 11.5 Å². The van der Waals surface area contributed by atoms with E-state index in [4.69, 9.17) is 9.47 Å². The zero-order valence-corrected chi connectivity index (χ0v) is 19.5. The average Bonchev–Trinajstić information content (AvgIpc) is 3.41. The van der Waals surface area contributed by atoms with E-state index in [9.17, 15) is 13.2 Å². The lowest BCUT2D eigenvalue weighted by Gasteiger charge is -2.27. The maximum Gasteiger partial charge on any atom is 0.264 e. The van der Waals surface area contributed by atoms with Gasteiger partial charge < -0.3 is 14.8 Å². The summed E-state index contributed by atoms with van der Waals surface area (Å²) in [7, 11) is -1.08. The molecule has 2 bridgehead atoms. The van der Waals surface area contributed by atoms with Gasteiger partial charge in [-0.1, -0.05) is 24.1 Å². The Morgan fingerprint density at radius 3 is 2.34 bits per heavy atom. The van der Waals surface area contributed by atoms with Crippen molar-refractivity contribution < 1.29 is 22.7 Å².